The first-order valence-corrected chi connectivity index (χ1v) is 8.69. The summed E-state index contributed by atoms with van der Waals surface area (Å²) in [6.07, 6.45) is 13.1. The zero-order chi connectivity index (χ0) is 14.9. The van der Waals surface area contributed by atoms with Gasteiger partial charge in [-0.2, -0.15) is 0 Å². The summed E-state index contributed by atoms with van der Waals surface area (Å²) in [6.45, 7) is 5.32. The largest absolute Gasteiger partial charge is 0.370 e. The third-order valence-electron chi connectivity index (χ3n) is 4.29. The van der Waals surface area contributed by atoms with Gasteiger partial charge in [0.2, 0.25) is 0 Å². The fourth-order valence-electron chi connectivity index (χ4n) is 3.06. The second-order valence-corrected chi connectivity index (χ2v) is 6.02. The molecule has 1 heterocycles. The molecule has 2 rings (SSSR count). The summed E-state index contributed by atoms with van der Waals surface area (Å²) in [5, 5.41) is 7.12. The molecule has 1 aromatic heterocycles. The van der Waals surface area contributed by atoms with Crippen molar-refractivity contribution in [2.45, 2.75) is 77.7 Å². The summed E-state index contributed by atoms with van der Waals surface area (Å²) in [6, 6.07) is 0.574. The van der Waals surface area contributed by atoms with E-state index >= 15 is 0 Å². The van der Waals surface area contributed by atoms with Crippen LogP contribution in [0.15, 0.2) is 6.33 Å². The lowest BCUT2D eigenvalue weighted by molar-refractivity contribution is 0.470. The van der Waals surface area contributed by atoms with Gasteiger partial charge in [-0.3, -0.25) is 0 Å². The Morgan fingerprint density at radius 2 is 1.67 bits per heavy atom. The Labute approximate surface area is 129 Å². The van der Waals surface area contributed by atoms with Gasteiger partial charge in [0.05, 0.1) is 0 Å². The van der Waals surface area contributed by atoms with E-state index in [1.54, 1.807) is 6.33 Å². The van der Waals surface area contributed by atoms with Gasteiger partial charge >= 0.3 is 0 Å². The maximum absolute atomic E-state index is 4.50. The van der Waals surface area contributed by atoms with E-state index in [-0.39, 0.29) is 0 Å². The zero-order valence-corrected chi connectivity index (χ0v) is 13.6. The van der Waals surface area contributed by atoms with Crippen LogP contribution in [-0.2, 0) is 6.42 Å². The van der Waals surface area contributed by atoms with E-state index < -0.39 is 0 Å². The fraction of sp³-hybridized carbons (Fsp3) is 0.765. The first-order valence-electron chi connectivity index (χ1n) is 8.69. The Hall–Kier alpha value is -1.32. The summed E-state index contributed by atoms with van der Waals surface area (Å²) >= 11 is 0. The van der Waals surface area contributed by atoms with E-state index in [9.17, 15) is 0 Å². The molecule has 4 nitrogen and oxygen atoms in total. The average Bonchev–Trinajstić information content (AvgIpc) is 2.47. The predicted octanol–water partition coefficient (Wildman–Crippen LogP) is 4.39. The lowest BCUT2D eigenvalue weighted by atomic mass is 9.96. The van der Waals surface area contributed by atoms with Crippen molar-refractivity contribution in [1.82, 2.24) is 9.97 Å². The van der Waals surface area contributed by atoms with E-state index in [4.69, 9.17) is 0 Å². The number of aromatic nitrogens is 2. The number of nitrogens with zero attached hydrogens (tertiary/aromatic N) is 2. The fourth-order valence-corrected chi connectivity index (χ4v) is 3.06. The molecule has 2 N–H and O–H groups in total. The quantitative estimate of drug-likeness (QED) is 0.816. The predicted molar refractivity (Wildman–Crippen MR) is 89.9 cm³/mol. The van der Waals surface area contributed by atoms with E-state index in [0.29, 0.717) is 6.04 Å². The molecule has 0 radical (unpaired) electrons. The van der Waals surface area contributed by atoms with Crippen molar-refractivity contribution in [3.63, 3.8) is 0 Å². The van der Waals surface area contributed by atoms with Crippen molar-refractivity contribution in [1.29, 1.82) is 0 Å². The first-order chi connectivity index (χ1) is 10.3. The topological polar surface area (TPSA) is 49.8 Å². The van der Waals surface area contributed by atoms with Gasteiger partial charge in [0.15, 0.2) is 0 Å². The zero-order valence-electron chi connectivity index (χ0n) is 13.6. The molecule has 0 aromatic carbocycles. The third-order valence-corrected chi connectivity index (χ3v) is 4.29. The minimum Gasteiger partial charge on any atom is -0.370 e. The van der Waals surface area contributed by atoms with Crippen molar-refractivity contribution in [3.05, 3.63) is 11.9 Å². The molecule has 0 aliphatic heterocycles. The van der Waals surface area contributed by atoms with Crippen LogP contribution < -0.4 is 10.6 Å². The molecule has 1 aliphatic carbocycles. The molecular weight excluding hydrogens is 260 g/mol. The summed E-state index contributed by atoms with van der Waals surface area (Å²) in [7, 11) is 0. The molecule has 0 saturated heterocycles. The van der Waals surface area contributed by atoms with Crippen LogP contribution in [0.5, 0.6) is 0 Å². The summed E-state index contributed by atoms with van der Waals surface area (Å²) in [5.74, 6) is 2.04. The molecule has 1 fully saturated rings. The second-order valence-electron chi connectivity index (χ2n) is 6.02. The van der Waals surface area contributed by atoms with Gasteiger partial charge in [-0.15, -0.1) is 0 Å². The van der Waals surface area contributed by atoms with E-state index in [0.717, 1.165) is 31.0 Å². The Kier molecular flexibility index (Phi) is 6.77. The normalized spacial score (nSPS) is 17.0. The van der Waals surface area contributed by atoms with Crippen molar-refractivity contribution < 1.29 is 0 Å². The maximum Gasteiger partial charge on any atom is 0.134 e. The molecule has 0 bridgehead atoms. The van der Waals surface area contributed by atoms with Gasteiger partial charge in [0.1, 0.15) is 18.0 Å². The molecule has 0 spiro atoms. The van der Waals surface area contributed by atoms with Crippen LogP contribution in [0, 0.1) is 0 Å². The Balaban J connectivity index is 2.06. The van der Waals surface area contributed by atoms with Gasteiger partial charge in [-0.25, -0.2) is 9.97 Å². The average molecular weight is 290 g/mol. The molecule has 0 unspecified atom stereocenters. The molecule has 1 aromatic rings. The van der Waals surface area contributed by atoms with E-state index in [1.165, 1.54) is 50.5 Å². The van der Waals surface area contributed by atoms with Gasteiger partial charge in [-0.05, 0) is 25.7 Å². The van der Waals surface area contributed by atoms with Crippen molar-refractivity contribution in [2.24, 2.45) is 0 Å². The number of hydrogen-bond acceptors (Lipinski definition) is 4. The Morgan fingerprint density at radius 3 is 2.33 bits per heavy atom. The monoisotopic (exact) mass is 290 g/mol. The highest BCUT2D eigenvalue weighted by Gasteiger charge is 2.15. The van der Waals surface area contributed by atoms with Crippen molar-refractivity contribution in [2.75, 3.05) is 17.2 Å². The summed E-state index contributed by atoms with van der Waals surface area (Å²) in [4.78, 5) is 8.92. The van der Waals surface area contributed by atoms with Crippen LogP contribution in [0.1, 0.15) is 70.8 Å². The SMILES string of the molecule is CCCNc1ncnc(NC2CCCCCCC2)c1CC. The van der Waals surface area contributed by atoms with Gasteiger partial charge in [0.25, 0.3) is 0 Å². The van der Waals surface area contributed by atoms with Crippen LogP contribution in [0.4, 0.5) is 11.6 Å². The maximum atomic E-state index is 4.50. The van der Waals surface area contributed by atoms with Gasteiger partial charge < -0.3 is 10.6 Å². The van der Waals surface area contributed by atoms with Crippen molar-refractivity contribution in [3.8, 4) is 0 Å². The molecule has 1 saturated carbocycles. The van der Waals surface area contributed by atoms with Crippen molar-refractivity contribution >= 4 is 11.6 Å². The molecule has 118 valence electrons. The summed E-state index contributed by atoms with van der Waals surface area (Å²) < 4.78 is 0. The second kappa shape index (κ2) is 8.85. The van der Waals surface area contributed by atoms with E-state index in [1.807, 2.05) is 0 Å². The van der Waals surface area contributed by atoms with Crippen LogP contribution in [-0.4, -0.2) is 22.6 Å². The minimum absolute atomic E-state index is 0.574. The number of anilines is 2. The molecule has 4 heteroatoms. The minimum atomic E-state index is 0.574. The van der Waals surface area contributed by atoms with Crippen LogP contribution in [0.3, 0.4) is 0 Å². The number of nitrogens with one attached hydrogen (secondary N) is 2. The lowest BCUT2D eigenvalue weighted by Gasteiger charge is -2.23. The molecular formula is C17H30N4. The van der Waals surface area contributed by atoms with Crippen LogP contribution in [0.2, 0.25) is 0 Å². The number of hydrogen-bond donors (Lipinski definition) is 2. The Morgan fingerprint density at radius 1 is 1.00 bits per heavy atom. The molecule has 0 atom stereocenters. The van der Waals surface area contributed by atoms with Crippen LogP contribution >= 0.6 is 0 Å². The molecule has 1 aliphatic rings. The highest BCUT2D eigenvalue weighted by molar-refractivity contribution is 5.57. The summed E-state index contributed by atoms with van der Waals surface area (Å²) in [5.41, 5.74) is 1.23. The molecule has 21 heavy (non-hydrogen) atoms. The number of rotatable bonds is 6. The third kappa shape index (κ3) is 4.87. The standard InChI is InChI=1S/C17H30N4/c1-3-12-18-16-15(4-2)17(20-13-19-16)21-14-10-8-6-5-7-9-11-14/h13-14H,3-12H2,1-2H3,(H2,18,19,20,21). The Bertz CT molecular complexity index is 411. The molecule has 0 amide bonds. The van der Waals surface area contributed by atoms with Gasteiger partial charge in [0, 0.05) is 18.2 Å². The highest BCUT2D eigenvalue weighted by atomic mass is 15.1. The van der Waals surface area contributed by atoms with Crippen LogP contribution in [0.25, 0.3) is 0 Å². The highest BCUT2D eigenvalue weighted by Crippen LogP contribution is 2.25. The van der Waals surface area contributed by atoms with Gasteiger partial charge in [-0.1, -0.05) is 46.0 Å². The van der Waals surface area contributed by atoms with E-state index in [2.05, 4.69) is 34.4 Å². The smallest absolute Gasteiger partial charge is 0.134 e. The lowest BCUT2D eigenvalue weighted by Crippen LogP contribution is -2.22. The first kappa shape index (κ1) is 16.1.